The van der Waals surface area contributed by atoms with Crippen molar-refractivity contribution >= 4 is 16.7 Å². The largest absolute Gasteiger partial charge is 0.384 e. The standard InChI is InChI=1S/C20H26N6/c1-3-15-9-19(26-13(2)25-15)18-12-24-20-17(18)8-16(11-23-20)22-10-14-4-6-21-7-5-14/h8-9,11-12,14,21-22H,3-7,10H2,1-2H3,(H,23,24). The van der Waals surface area contributed by atoms with Gasteiger partial charge in [0.05, 0.1) is 17.6 Å². The highest BCUT2D eigenvalue weighted by Crippen LogP contribution is 2.29. The summed E-state index contributed by atoms with van der Waals surface area (Å²) >= 11 is 0. The summed E-state index contributed by atoms with van der Waals surface area (Å²) < 4.78 is 0. The highest BCUT2D eigenvalue weighted by molar-refractivity contribution is 5.94. The number of aromatic nitrogens is 4. The molecule has 1 aliphatic rings. The first-order chi connectivity index (χ1) is 12.7. The molecule has 1 aliphatic heterocycles. The maximum Gasteiger partial charge on any atom is 0.138 e. The zero-order valence-electron chi connectivity index (χ0n) is 15.5. The summed E-state index contributed by atoms with van der Waals surface area (Å²) in [7, 11) is 0. The number of anilines is 1. The van der Waals surface area contributed by atoms with Crippen molar-refractivity contribution in [1.82, 2.24) is 25.3 Å². The summed E-state index contributed by atoms with van der Waals surface area (Å²) in [6.45, 7) is 7.31. The second-order valence-electron chi connectivity index (χ2n) is 7.04. The molecule has 26 heavy (non-hydrogen) atoms. The number of piperidine rings is 1. The van der Waals surface area contributed by atoms with E-state index < -0.39 is 0 Å². The van der Waals surface area contributed by atoms with E-state index in [4.69, 9.17) is 0 Å². The molecule has 136 valence electrons. The Morgan fingerprint density at radius 2 is 2.04 bits per heavy atom. The first kappa shape index (κ1) is 17.0. The summed E-state index contributed by atoms with van der Waals surface area (Å²) in [6.07, 6.45) is 7.28. The zero-order valence-corrected chi connectivity index (χ0v) is 15.5. The first-order valence-electron chi connectivity index (χ1n) is 9.49. The van der Waals surface area contributed by atoms with E-state index in [1.54, 1.807) is 0 Å². The molecule has 3 aromatic heterocycles. The fourth-order valence-electron chi connectivity index (χ4n) is 3.61. The summed E-state index contributed by atoms with van der Waals surface area (Å²) in [5.41, 5.74) is 5.06. The Labute approximate surface area is 153 Å². The number of pyridine rings is 1. The molecule has 1 fully saturated rings. The van der Waals surface area contributed by atoms with E-state index in [1.807, 2.05) is 19.3 Å². The van der Waals surface area contributed by atoms with Crippen LogP contribution < -0.4 is 10.6 Å². The number of hydrogen-bond donors (Lipinski definition) is 3. The third-order valence-electron chi connectivity index (χ3n) is 5.11. The van der Waals surface area contributed by atoms with Gasteiger partial charge in [0.15, 0.2) is 0 Å². The van der Waals surface area contributed by atoms with Crippen molar-refractivity contribution in [2.45, 2.75) is 33.1 Å². The highest BCUT2D eigenvalue weighted by atomic mass is 14.9. The lowest BCUT2D eigenvalue weighted by molar-refractivity contribution is 0.390. The van der Waals surface area contributed by atoms with Gasteiger partial charge in [-0.05, 0) is 57.3 Å². The summed E-state index contributed by atoms with van der Waals surface area (Å²) in [5.74, 6) is 1.54. The molecule has 6 nitrogen and oxygen atoms in total. The normalized spacial score (nSPS) is 15.5. The van der Waals surface area contributed by atoms with Gasteiger partial charge in [0.2, 0.25) is 0 Å². The van der Waals surface area contributed by atoms with Crippen LogP contribution in [0.5, 0.6) is 0 Å². The zero-order chi connectivity index (χ0) is 17.9. The molecule has 0 radical (unpaired) electrons. The van der Waals surface area contributed by atoms with Gasteiger partial charge in [0.1, 0.15) is 11.5 Å². The van der Waals surface area contributed by atoms with E-state index in [9.17, 15) is 0 Å². The predicted octanol–water partition coefficient (Wildman–Crippen LogP) is 3.30. The minimum absolute atomic E-state index is 0.731. The molecule has 4 heterocycles. The molecular formula is C20H26N6. The third-order valence-corrected chi connectivity index (χ3v) is 5.11. The molecule has 0 bridgehead atoms. The van der Waals surface area contributed by atoms with Crippen molar-refractivity contribution in [2.24, 2.45) is 5.92 Å². The second-order valence-corrected chi connectivity index (χ2v) is 7.04. The van der Waals surface area contributed by atoms with Crippen LogP contribution in [0.1, 0.15) is 31.3 Å². The number of H-pyrrole nitrogens is 1. The average Bonchev–Trinajstić information content (AvgIpc) is 3.10. The Balaban J connectivity index is 1.61. The molecule has 0 saturated carbocycles. The number of nitrogens with one attached hydrogen (secondary N) is 3. The van der Waals surface area contributed by atoms with Gasteiger partial charge in [-0.3, -0.25) is 0 Å². The molecule has 0 aliphatic carbocycles. The third kappa shape index (κ3) is 3.55. The van der Waals surface area contributed by atoms with Crippen molar-refractivity contribution in [1.29, 1.82) is 0 Å². The number of fused-ring (bicyclic) bond motifs is 1. The van der Waals surface area contributed by atoms with E-state index in [2.05, 4.69) is 49.6 Å². The quantitative estimate of drug-likeness (QED) is 0.658. The molecule has 0 unspecified atom stereocenters. The van der Waals surface area contributed by atoms with Crippen molar-refractivity contribution in [3.63, 3.8) is 0 Å². The Hall–Kier alpha value is -2.47. The topological polar surface area (TPSA) is 78.5 Å². The predicted molar refractivity (Wildman–Crippen MR) is 105 cm³/mol. The lowest BCUT2D eigenvalue weighted by atomic mass is 9.98. The molecule has 0 spiro atoms. The monoisotopic (exact) mass is 350 g/mol. The van der Waals surface area contributed by atoms with Crippen LogP contribution in [0.15, 0.2) is 24.5 Å². The van der Waals surface area contributed by atoms with E-state index in [0.29, 0.717) is 0 Å². The van der Waals surface area contributed by atoms with E-state index in [0.717, 1.165) is 71.5 Å². The second kappa shape index (κ2) is 7.41. The SMILES string of the molecule is CCc1cc(-c2c[nH]c3ncc(NCC4CCNCC4)cc23)nc(C)n1. The average molecular weight is 350 g/mol. The lowest BCUT2D eigenvalue weighted by Gasteiger charge is -2.23. The first-order valence-corrected chi connectivity index (χ1v) is 9.49. The van der Waals surface area contributed by atoms with Gasteiger partial charge in [0, 0.05) is 29.4 Å². The van der Waals surface area contributed by atoms with Crippen LogP contribution >= 0.6 is 0 Å². The van der Waals surface area contributed by atoms with Crippen molar-refractivity contribution in [3.8, 4) is 11.3 Å². The molecule has 0 atom stereocenters. The molecule has 3 N–H and O–H groups in total. The van der Waals surface area contributed by atoms with Gasteiger partial charge in [-0.15, -0.1) is 0 Å². The van der Waals surface area contributed by atoms with Crippen LogP contribution in [-0.4, -0.2) is 39.6 Å². The van der Waals surface area contributed by atoms with Crippen LogP contribution in [0, 0.1) is 12.8 Å². The summed E-state index contributed by atoms with van der Waals surface area (Å²) in [4.78, 5) is 17.0. The van der Waals surface area contributed by atoms with E-state index >= 15 is 0 Å². The maximum atomic E-state index is 4.64. The van der Waals surface area contributed by atoms with Crippen molar-refractivity contribution in [3.05, 3.63) is 36.0 Å². The smallest absolute Gasteiger partial charge is 0.138 e. The molecule has 6 heteroatoms. The van der Waals surface area contributed by atoms with Crippen LogP contribution in [0.2, 0.25) is 0 Å². The van der Waals surface area contributed by atoms with Gasteiger partial charge < -0.3 is 15.6 Å². The van der Waals surface area contributed by atoms with Crippen molar-refractivity contribution < 1.29 is 0 Å². The minimum Gasteiger partial charge on any atom is -0.384 e. The van der Waals surface area contributed by atoms with Gasteiger partial charge in [-0.1, -0.05) is 6.92 Å². The number of rotatable bonds is 5. The molecule has 1 saturated heterocycles. The highest BCUT2D eigenvalue weighted by Gasteiger charge is 2.14. The Morgan fingerprint density at radius 3 is 2.85 bits per heavy atom. The number of hydrogen-bond acceptors (Lipinski definition) is 5. The molecule has 4 rings (SSSR count). The Morgan fingerprint density at radius 1 is 1.19 bits per heavy atom. The Bertz CT molecular complexity index is 894. The molecule has 0 aromatic carbocycles. The van der Waals surface area contributed by atoms with Crippen LogP contribution in [-0.2, 0) is 6.42 Å². The van der Waals surface area contributed by atoms with Crippen LogP contribution in [0.3, 0.4) is 0 Å². The van der Waals surface area contributed by atoms with Crippen LogP contribution in [0.4, 0.5) is 5.69 Å². The Kier molecular flexibility index (Phi) is 4.84. The number of aromatic amines is 1. The molecular weight excluding hydrogens is 324 g/mol. The fraction of sp³-hybridized carbons (Fsp3) is 0.450. The molecule has 3 aromatic rings. The van der Waals surface area contributed by atoms with Gasteiger partial charge in [-0.2, -0.15) is 0 Å². The number of aryl methyl sites for hydroxylation is 2. The van der Waals surface area contributed by atoms with Crippen molar-refractivity contribution in [2.75, 3.05) is 25.0 Å². The minimum atomic E-state index is 0.731. The summed E-state index contributed by atoms with van der Waals surface area (Å²) in [6, 6.07) is 4.25. The maximum absolute atomic E-state index is 4.64. The number of nitrogens with zero attached hydrogens (tertiary/aromatic N) is 3. The van der Waals surface area contributed by atoms with Gasteiger partial charge >= 0.3 is 0 Å². The van der Waals surface area contributed by atoms with Gasteiger partial charge in [-0.25, -0.2) is 15.0 Å². The van der Waals surface area contributed by atoms with Crippen LogP contribution in [0.25, 0.3) is 22.3 Å². The van der Waals surface area contributed by atoms with Gasteiger partial charge in [0.25, 0.3) is 0 Å². The lowest BCUT2D eigenvalue weighted by Crippen LogP contribution is -2.31. The fourth-order valence-corrected chi connectivity index (χ4v) is 3.61. The summed E-state index contributed by atoms with van der Waals surface area (Å²) in [5, 5.41) is 8.09. The van der Waals surface area contributed by atoms with E-state index in [1.165, 1.54) is 12.8 Å². The van der Waals surface area contributed by atoms with E-state index in [-0.39, 0.29) is 0 Å². The molecule has 0 amide bonds.